The van der Waals surface area contributed by atoms with Gasteiger partial charge in [-0.3, -0.25) is 4.79 Å². The van der Waals surface area contributed by atoms with Crippen molar-refractivity contribution in [1.82, 2.24) is 0 Å². The topological polar surface area (TPSA) is 48.7 Å². The maximum Gasteiger partial charge on any atom is 0.205 e. The maximum atomic E-state index is 12.9. The standard InChI is InChI=1S/C19H12O4/c20-17-13-5-6-15-19(22-8-7-21-15)18(13)23-16-10-12-4-2-1-3-11(12)9-14(16)17/h1-6,9-10H,7-8H2. The Morgan fingerprint density at radius 1 is 0.826 bits per heavy atom. The molecule has 1 aliphatic rings. The van der Waals surface area contributed by atoms with Crippen molar-refractivity contribution >= 4 is 32.7 Å². The van der Waals surface area contributed by atoms with Crippen LogP contribution < -0.4 is 14.9 Å². The van der Waals surface area contributed by atoms with Crippen LogP contribution in [-0.2, 0) is 0 Å². The van der Waals surface area contributed by atoms with E-state index in [1.54, 1.807) is 12.1 Å². The zero-order chi connectivity index (χ0) is 15.4. The van der Waals surface area contributed by atoms with Crippen LogP contribution in [-0.4, -0.2) is 13.2 Å². The minimum atomic E-state index is -0.0519. The first kappa shape index (κ1) is 12.5. The molecule has 112 valence electrons. The van der Waals surface area contributed by atoms with Gasteiger partial charge >= 0.3 is 0 Å². The summed E-state index contributed by atoms with van der Waals surface area (Å²) in [6.45, 7) is 0.951. The van der Waals surface area contributed by atoms with Gasteiger partial charge in [-0.05, 0) is 35.0 Å². The van der Waals surface area contributed by atoms with Crippen LogP contribution in [0.4, 0.5) is 0 Å². The molecular formula is C19H12O4. The number of ether oxygens (including phenoxy) is 2. The molecule has 0 N–H and O–H groups in total. The lowest BCUT2D eigenvalue weighted by Crippen LogP contribution is -2.16. The summed E-state index contributed by atoms with van der Waals surface area (Å²) < 4.78 is 17.3. The van der Waals surface area contributed by atoms with Crippen molar-refractivity contribution in [3.8, 4) is 11.5 Å². The van der Waals surface area contributed by atoms with Gasteiger partial charge in [0.1, 0.15) is 18.8 Å². The van der Waals surface area contributed by atoms with Crippen molar-refractivity contribution in [2.45, 2.75) is 0 Å². The Hall–Kier alpha value is -3.01. The van der Waals surface area contributed by atoms with Crippen molar-refractivity contribution in [2.75, 3.05) is 13.2 Å². The number of fused-ring (bicyclic) bond motifs is 5. The molecule has 0 spiro atoms. The van der Waals surface area contributed by atoms with E-state index in [2.05, 4.69) is 0 Å². The Kier molecular flexibility index (Phi) is 2.45. The SMILES string of the molecule is O=c1c2cc3ccccc3cc2oc2c3c(ccc12)OCCO3. The van der Waals surface area contributed by atoms with Crippen LogP contribution in [0, 0.1) is 0 Å². The third kappa shape index (κ3) is 1.75. The van der Waals surface area contributed by atoms with Crippen LogP contribution in [0.1, 0.15) is 0 Å². The van der Waals surface area contributed by atoms with Crippen LogP contribution >= 0.6 is 0 Å². The Balaban J connectivity index is 1.96. The highest BCUT2D eigenvalue weighted by Crippen LogP contribution is 2.38. The molecule has 1 aromatic heterocycles. The van der Waals surface area contributed by atoms with E-state index in [0.29, 0.717) is 46.7 Å². The zero-order valence-corrected chi connectivity index (χ0v) is 12.2. The Labute approximate surface area is 130 Å². The molecule has 5 rings (SSSR count). The van der Waals surface area contributed by atoms with Crippen LogP contribution in [0.2, 0.25) is 0 Å². The lowest BCUT2D eigenvalue weighted by Gasteiger charge is -2.19. The molecule has 0 fully saturated rings. The van der Waals surface area contributed by atoms with Gasteiger partial charge < -0.3 is 13.9 Å². The Bertz CT molecular complexity index is 1140. The van der Waals surface area contributed by atoms with Crippen molar-refractivity contribution in [3.63, 3.8) is 0 Å². The quantitative estimate of drug-likeness (QED) is 0.463. The van der Waals surface area contributed by atoms with Crippen LogP contribution in [0.15, 0.2) is 57.7 Å². The molecule has 23 heavy (non-hydrogen) atoms. The molecule has 3 aromatic carbocycles. The fourth-order valence-electron chi connectivity index (χ4n) is 3.11. The highest BCUT2D eigenvalue weighted by Gasteiger charge is 2.20. The normalized spacial score (nSPS) is 13.7. The second kappa shape index (κ2) is 4.49. The monoisotopic (exact) mass is 304 g/mol. The van der Waals surface area contributed by atoms with Crippen molar-refractivity contribution in [2.24, 2.45) is 0 Å². The molecule has 0 aliphatic carbocycles. The summed E-state index contributed by atoms with van der Waals surface area (Å²) in [6.07, 6.45) is 0. The van der Waals surface area contributed by atoms with Crippen molar-refractivity contribution in [3.05, 3.63) is 58.8 Å². The Morgan fingerprint density at radius 2 is 1.61 bits per heavy atom. The van der Waals surface area contributed by atoms with E-state index in [4.69, 9.17) is 13.9 Å². The summed E-state index contributed by atoms with van der Waals surface area (Å²) in [5.74, 6) is 1.13. The molecule has 4 aromatic rings. The lowest BCUT2D eigenvalue weighted by molar-refractivity contribution is 0.172. The molecule has 4 heteroatoms. The van der Waals surface area contributed by atoms with Crippen molar-refractivity contribution in [1.29, 1.82) is 0 Å². The van der Waals surface area contributed by atoms with Gasteiger partial charge in [0.25, 0.3) is 0 Å². The van der Waals surface area contributed by atoms with Crippen LogP contribution in [0.25, 0.3) is 32.7 Å². The third-order valence-corrected chi connectivity index (χ3v) is 4.21. The summed E-state index contributed by atoms with van der Waals surface area (Å²) in [7, 11) is 0. The van der Waals surface area contributed by atoms with Gasteiger partial charge in [-0.1, -0.05) is 24.3 Å². The summed E-state index contributed by atoms with van der Waals surface area (Å²) in [4.78, 5) is 12.9. The molecule has 0 unspecified atom stereocenters. The van der Waals surface area contributed by atoms with Gasteiger partial charge in [-0.15, -0.1) is 0 Å². The summed E-state index contributed by atoms with van der Waals surface area (Å²) in [5.41, 5.74) is 0.961. The van der Waals surface area contributed by atoms with Gasteiger partial charge in [0.15, 0.2) is 11.3 Å². The van der Waals surface area contributed by atoms with Gasteiger partial charge in [0.05, 0.1) is 10.8 Å². The fourth-order valence-corrected chi connectivity index (χ4v) is 3.11. The van der Waals surface area contributed by atoms with Crippen LogP contribution in [0.5, 0.6) is 11.5 Å². The molecule has 2 heterocycles. The van der Waals surface area contributed by atoms with Gasteiger partial charge in [0.2, 0.25) is 11.2 Å². The van der Waals surface area contributed by atoms with E-state index in [0.717, 1.165) is 10.8 Å². The number of hydrogen-bond donors (Lipinski definition) is 0. The zero-order valence-electron chi connectivity index (χ0n) is 12.2. The molecule has 0 radical (unpaired) electrons. The highest BCUT2D eigenvalue weighted by atomic mass is 16.6. The smallest absolute Gasteiger partial charge is 0.205 e. The van der Waals surface area contributed by atoms with E-state index < -0.39 is 0 Å². The fraction of sp³-hybridized carbons (Fsp3) is 0.105. The van der Waals surface area contributed by atoms with Crippen LogP contribution in [0.3, 0.4) is 0 Å². The maximum absolute atomic E-state index is 12.9. The number of rotatable bonds is 0. The first-order chi connectivity index (χ1) is 11.3. The van der Waals surface area contributed by atoms with E-state index in [-0.39, 0.29) is 5.43 Å². The third-order valence-electron chi connectivity index (χ3n) is 4.21. The second-order valence-electron chi connectivity index (χ2n) is 5.59. The highest BCUT2D eigenvalue weighted by molar-refractivity contribution is 6.00. The predicted octanol–water partition coefficient (Wildman–Crippen LogP) is 3.87. The first-order valence-corrected chi connectivity index (χ1v) is 7.49. The largest absolute Gasteiger partial charge is 0.486 e. The summed E-state index contributed by atoms with van der Waals surface area (Å²) in [5, 5.41) is 3.14. The van der Waals surface area contributed by atoms with E-state index >= 15 is 0 Å². The Morgan fingerprint density at radius 3 is 2.48 bits per heavy atom. The van der Waals surface area contributed by atoms with E-state index in [1.165, 1.54) is 0 Å². The average molecular weight is 304 g/mol. The van der Waals surface area contributed by atoms with Crippen molar-refractivity contribution < 1.29 is 13.9 Å². The molecule has 1 aliphatic heterocycles. The average Bonchev–Trinajstić information content (AvgIpc) is 2.60. The van der Waals surface area contributed by atoms with E-state index in [1.807, 2.05) is 36.4 Å². The van der Waals surface area contributed by atoms with E-state index in [9.17, 15) is 4.79 Å². The molecule has 0 saturated carbocycles. The van der Waals surface area contributed by atoms with Gasteiger partial charge in [-0.2, -0.15) is 0 Å². The lowest BCUT2D eigenvalue weighted by atomic mass is 10.1. The summed E-state index contributed by atoms with van der Waals surface area (Å²) in [6, 6.07) is 15.2. The molecular weight excluding hydrogens is 292 g/mol. The number of benzene rings is 3. The first-order valence-electron chi connectivity index (χ1n) is 7.49. The van der Waals surface area contributed by atoms with Gasteiger partial charge in [0, 0.05) is 0 Å². The minimum Gasteiger partial charge on any atom is -0.486 e. The summed E-state index contributed by atoms with van der Waals surface area (Å²) >= 11 is 0. The van der Waals surface area contributed by atoms with Gasteiger partial charge in [-0.25, -0.2) is 0 Å². The molecule has 0 bridgehead atoms. The molecule has 4 nitrogen and oxygen atoms in total. The second-order valence-corrected chi connectivity index (χ2v) is 5.59. The molecule has 0 saturated heterocycles. The predicted molar refractivity (Wildman–Crippen MR) is 88.5 cm³/mol. The number of hydrogen-bond acceptors (Lipinski definition) is 4. The molecule has 0 atom stereocenters. The minimum absolute atomic E-state index is 0.0519. The molecule has 0 amide bonds.